The number of benzene rings is 2. The molecule has 144 valence electrons. The highest BCUT2D eigenvalue weighted by Gasteiger charge is 2.22. The minimum absolute atomic E-state index is 0.227. The van der Waals surface area contributed by atoms with Crippen molar-refractivity contribution in [2.45, 2.75) is 20.8 Å². The summed E-state index contributed by atoms with van der Waals surface area (Å²) in [5.41, 5.74) is 3.43. The van der Waals surface area contributed by atoms with Gasteiger partial charge in [0.2, 0.25) is 0 Å². The first-order chi connectivity index (χ1) is 13.4. The average Bonchev–Trinajstić information content (AvgIpc) is 2.95. The second kappa shape index (κ2) is 8.27. The molecule has 3 aromatic rings. The first-order valence-corrected chi connectivity index (χ1v) is 9.64. The molecule has 2 N–H and O–H groups in total. The van der Waals surface area contributed by atoms with Crippen molar-refractivity contribution in [3.05, 3.63) is 75.7 Å². The summed E-state index contributed by atoms with van der Waals surface area (Å²) >= 11 is 1.40. The second-order valence-corrected chi connectivity index (χ2v) is 7.67. The van der Waals surface area contributed by atoms with Gasteiger partial charge in [-0.2, -0.15) is 0 Å². The minimum atomic E-state index is -0.268. The molecular weight excluding hydrogens is 372 g/mol. The van der Waals surface area contributed by atoms with Gasteiger partial charge in [0, 0.05) is 22.2 Å². The van der Waals surface area contributed by atoms with Gasteiger partial charge in [-0.25, -0.2) is 0 Å². The number of ether oxygens (including phenoxy) is 1. The predicted molar refractivity (Wildman–Crippen MR) is 114 cm³/mol. The molecule has 0 spiro atoms. The Bertz CT molecular complexity index is 1040. The Labute approximate surface area is 168 Å². The van der Waals surface area contributed by atoms with Gasteiger partial charge in [-0.15, -0.1) is 11.3 Å². The lowest BCUT2D eigenvalue weighted by Gasteiger charge is -2.10. The SMILES string of the molecule is COc1cccc(NC(=O)c2c(NC(=O)c3ccccc3C)sc(C)c2C)c1. The summed E-state index contributed by atoms with van der Waals surface area (Å²) in [4.78, 5) is 26.7. The Morgan fingerprint density at radius 3 is 2.39 bits per heavy atom. The van der Waals surface area contributed by atoms with E-state index in [0.717, 1.165) is 16.0 Å². The van der Waals surface area contributed by atoms with Crippen molar-refractivity contribution >= 4 is 33.8 Å². The molecule has 2 amide bonds. The quantitative estimate of drug-likeness (QED) is 0.626. The maximum atomic E-state index is 13.0. The standard InChI is InChI=1S/C22H22N2O3S/c1-13-8-5-6-11-18(13)20(25)24-22-19(14(2)15(3)28-22)21(26)23-16-9-7-10-17(12-16)27-4/h5-12H,1-4H3,(H,23,26)(H,24,25). The highest BCUT2D eigenvalue weighted by molar-refractivity contribution is 7.16. The van der Waals surface area contributed by atoms with Crippen molar-refractivity contribution in [3.63, 3.8) is 0 Å². The van der Waals surface area contributed by atoms with Crippen LogP contribution in [0.2, 0.25) is 0 Å². The van der Waals surface area contributed by atoms with Gasteiger partial charge in [0.15, 0.2) is 0 Å². The zero-order valence-corrected chi connectivity index (χ0v) is 17.1. The van der Waals surface area contributed by atoms with Crippen molar-refractivity contribution in [2.24, 2.45) is 0 Å². The number of hydrogen-bond acceptors (Lipinski definition) is 4. The van der Waals surface area contributed by atoms with Crippen LogP contribution in [0.15, 0.2) is 48.5 Å². The minimum Gasteiger partial charge on any atom is -0.497 e. The molecule has 2 aromatic carbocycles. The van der Waals surface area contributed by atoms with Gasteiger partial charge in [-0.05, 0) is 50.1 Å². The van der Waals surface area contributed by atoms with E-state index in [4.69, 9.17) is 4.74 Å². The van der Waals surface area contributed by atoms with Crippen molar-refractivity contribution < 1.29 is 14.3 Å². The Morgan fingerprint density at radius 1 is 0.929 bits per heavy atom. The van der Waals surface area contributed by atoms with Crippen molar-refractivity contribution in [3.8, 4) is 5.75 Å². The zero-order valence-electron chi connectivity index (χ0n) is 16.3. The van der Waals surface area contributed by atoms with E-state index in [1.54, 1.807) is 31.4 Å². The van der Waals surface area contributed by atoms with Gasteiger partial charge < -0.3 is 15.4 Å². The monoisotopic (exact) mass is 394 g/mol. The Balaban J connectivity index is 1.88. The van der Waals surface area contributed by atoms with Gasteiger partial charge in [0.1, 0.15) is 10.8 Å². The van der Waals surface area contributed by atoms with Crippen LogP contribution in [0.1, 0.15) is 36.7 Å². The molecule has 0 aliphatic carbocycles. The lowest BCUT2D eigenvalue weighted by atomic mass is 10.1. The highest BCUT2D eigenvalue weighted by atomic mass is 32.1. The Kier molecular flexibility index (Phi) is 5.80. The zero-order chi connectivity index (χ0) is 20.3. The smallest absolute Gasteiger partial charge is 0.258 e. The fourth-order valence-electron chi connectivity index (χ4n) is 2.88. The van der Waals surface area contributed by atoms with E-state index >= 15 is 0 Å². The molecule has 3 rings (SSSR count). The van der Waals surface area contributed by atoms with Gasteiger partial charge in [-0.3, -0.25) is 9.59 Å². The topological polar surface area (TPSA) is 67.4 Å². The lowest BCUT2D eigenvalue weighted by Crippen LogP contribution is -2.18. The van der Waals surface area contributed by atoms with Crippen LogP contribution in [-0.4, -0.2) is 18.9 Å². The third-order valence-corrected chi connectivity index (χ3v) is 5.68. The van der Waals surface area contributed by atoms with E-state index in [0.29, 0.717) is 27.6 Å². The van der Waals surface area contributed by atoms with Crippen LogP contribution >= 0.6 is 11.3 Å². The van der Waals surface area contributed by atoms with Crippen LogP contribution in [0.4, 0.5) is 10.7 Å². The van der Waals surface area contributed by atoms with E-state index < -0.39 is 0 Å². The lowest BCUT2D eigenvalue weighted by molar-refractivity contribution is 0.102. The van der Waals surface area contributed by atoms with E-state index in [9.17, 15) is 9.59 Å². The van der Waals surface area contributed by atoms with Gasteiger partial charge >= 0.3 is 0 Å². The third kappa shape index (κ3) is 4.07. The van der Waals surface area contributed by atoms with Crippen LogP contribution in [0.5, 0.6) is 5.75 Å². The molecule has 28 heavy (non-hydrogen) atoms. The number of carbonyl (C=O) groups is 2. The van der Waals surface area contributed by atoms with E-state index in [1.807, 2.05) is 45.0 Å². The number of thiophene rings is 1. The number of hydrogen-bond donors (Lipinski definition) is 2. The number of anilines is 2. The summed E-state index contributed by atoms with van der Waals surface area (Å²) in [7, 11) is 1.58. The van der Waals surface area contributed by atoms with E-state index in [-0.39, 0.29) is 11.8 Å². The molecule has 0 saturated heterocycles. The number of methoxy groups -OCH3 is 1. The number of carbonyl (C=O) groups excluding carboxylic acids is 2. The van der Waals surface area contributed by atoms with Crippen LogP contribution in [0.3, 0.4) is 0 Å². The fourth-order valence-corrected chi connectivity index (χ4v) is 3.93. The molecule has 0 aliphatic rings. The second-order valence-electron chi connectivity index (χ2n) is 6.44. The number of nitrogens with one attached hydrogen (secondary N) is 2. The predicted octanol–water partition coefficient (Wildman–Crippen LogP) is 5.19. The fraction of sp³-hybridized carbons (Fsp3) is 0.182. The van der Waals surface area contributed by atoms with E-state index in [1.165, 1.54) is 11.3 Å². The molecule has 0 bridgehead atoms. The summed E-state index contributed by atoms with van der Waals surface area (Å²) in [5.74, 6) is 0.161. The summed E-state index contributed by atoms with van der Waals surface area (Å²) in [5, 5.41) is 6.35. The normalized spacial score (nSPS) is 10.4. The number of rotatable bonds is 5. The van der Waals surface area contributed by atoms with Crippen molar-refractivity contribution in [1.29, 1.82) is 0 Å². The summed E-state index contributed by atoms with van der Waals surface area (Å²) in [6.07, 6.45) is 0. The molecule has 1 heterocycles. The summed E-state index contributed by atoms with van der Waals surface area (Å²) < 4.78 is 5.20. The maximum absolute atomic E-state index is 13.0. The number of aryl methyl sites for hydroxylation is 2. The molecule has 5 nitrogen and oxygen atoms in total. The molecule has 0 saturated carbocycles. The van der Waals surface area contributed by atoms with Crippen molar-refractivity contribution in [1.82, 2.24) is 0 Å². The Hall–Kier alpha value is -3.12. The van der Waals surface area contributed by atoms with Crippen LogP contribution in [0, 0.1) is 20.8 Å². The molecule has 0 unspecified atom stereocenters. The highest BCUT2D eigenvalue weighted by Crippen LogP contribution is 2.33. The van der Waals surface area contributed by atoms with Crippen LogP contribution in [-0.2, 0) is 0 Å². The summed E-state index contributed by atoms with van der Waals surface area (Å²) in [6.45, 7) is 5.71. The number of amides is 2. The van der Waals surface area contributed by atoms with Gasteiger partial charge in [0.25, 0.3) is 11.8 Å². The molecule has 0 atom stereocenters. The van der Waals surface area contributed by atoms with Crippen molar-refractivity contribution in [2.75, 3.05) is 17.7 Å². The molecule has 0 aliphatic heterocycles. The first kappa shape index (κ1) is 19.6. The molecule has 0 fully saturated rings. The molecule has 6 heteroatoms. The van der Waals surface area contributed by atoms with Crippen LogP contribution < -0.4 is 15.4 Å². The first-order valence-electron chi connectivity index (χ1n) is 8.83. The van der Waals surface area contributed by atoms with E-state index in [2.05, 4.69) is 10.6 Å². The van der Waals surface area contributed by atoms with Gasteiger partial charge in [-0.1, -0.05) is 24.3 Å². The van der Waals surface area contributed by atoms with Crippen LogP contribution in [0.25, 0.3) is 0 Å². The third-order valence-electron chi connectivity index (χ3n) is 4.56. The summed E-state index contributed by atoms with van der Waals surface area (Å²) in [6, 6.07) is 14.5. The Morgan fingerprint density at radius 2 is 1.68 bits per heavy atom. The molecular formula is C22H22N2O3S. The maximum Gasteiger partial charge on any atom is 0.258 e. The molecule has 1 aromatic heterocycles. The molecule has 0 radical (unpaired) electrons. The average molecular weight is 394 g/mol. The van der Waals surface area contributed by atoms with Gasteiger partial charge in [0.05, 0.1) is 12.7 Å². The largest absolute Gasteiger partial charge is 0.497 e.